The Morgan fingerprint density at radius 1 is 1.00 bits per heavy atom. The van der Waals surface area contributed by atoms with Crippen LogP contribution in [0.3, 0.4) is 0 Å². The van der Waals surface area contributed by atoms with Gasteiger partial charge < -0.3 is 15.3 Å². The van der Waals surface area contributed by atoms with Crippen LogP contribution in [0.1, 0.15) is 38.5 Å². The lowest BCUT2D eigenvalue weighted by molar-refractivity contribution is 0.0676. The first-order chi connectivity index (χ1) is 10.3. The molecule has 2 atom stereocenters. The summed E-state index contributed by atoms with van der Waals surface area (Å²) in [6.45, 7) is 3.26. The highest BCUT2D eigenvalue weighted by Crippen LogP contribution is 2.24. The Morgan fingerprint density at radius 3 is 2.43 bits per heavy atom. The molecule has 21 heavy (non-hydrogen) atoms. The molecular formula is C18H28N2O. The minimum atomic E-state index is -0.0735. The maximum Gasteiger partial charge on any atom is 0.0580 e. The van der Waals surface area contributed by atoms with Crippen LogP contribution in [0.15, 0.2) is 30.3 Å². The molecule has 0 aromatic heterocycles. The first-order valence-corrected chi connectivity index (χ1v) is 8.54. The molecule has 3 nitrogen and oxygen atoms in total. The van der Waals surface area contributed by atoms with Gasteiger partial charge in [0.25, 0.3) is 0 Å². The third kappa shape index (κ3) is 3.98. The number of aliphatic hydroxyl groups excluding tert-OH is 1. The van der Waals surface area contributed by atoms with Crippen LogP contribution >= 0.6 is 0 Å². The third-order valence-corrected chi connectivity index (χ3v) is 5.15. The molecule has 1 aromatic carbocycles. The molecule has 2 N–H and O–H groups in total. The number of nitrogens with zero attached hydrogens (tertiary/aromatic N) is 1. The molecule has 0 radical (unpaired) electrons. The van der Waals surface area contributed by atoms with Crippen LogP contribution in [0.25, 0.3) is 0 Å². The lowest BCUT2D eigenvalue weighted by Gasteiger charge is -2.35. The Kier molecular flexibility index (Phi) is 5.15. The van der Waals surface area contributed by atoms with Gasteiger partial charge in [0.1, 0.15) is 0 Å². The van der Waals surface area contributed by atoms with Crippen LogP contribution in [0.4, 0.5) is 5.69 Å². The number of anilines is 1. The fraction of sp³-hybridized carbons (Fsp3) is 0.667. The SMILES string of the molecule is OC1CCCCC1CNC1CCN(c2ccccc2)CC1. The van der Waals surface area contributed by atoms with E-state index in [9.17, 15) is 5.11 Å². The summed E-state index contributed by atoms with van der Waals surface area (Å²) in [5.74, 6) is 0.478. The van der Waals surface area contributed by atoms with Gasteiger partial charge in [0, 0.05) is 31.4 Å². The highest BCUT2D eigenvalue weighted by atomic mass is 16.3. The Hall–Kier alpha value is -1.06. The number of para-hydroxylation sites is 1. The molecule has 2 fully saturated rings. The van der Waals surface area contributed by atoms with E-state index in [0.717, 1.165) is 26.1 Å². The number of hydrogen-bond acceptors (Lipinski definition) is 3. The Labute approximate surface area is 128 Å². The van der Waals surface area contributed by atoms with E-state index in [2.05, 4.69) is 40.5 Å². The summed E-state index contributed by atoms with van der Waals surface area (Å²) in [6, 6.07) is 11.3. The lowest BCUT2D eigenvalue weighted by Crippen LogP contribution is -2.45. The molecule has 116 valence electrons. The van der Waals surface area contributed by atoms with E-state index in [4.69, 9.17) is 0 Å². The maximum absolute atomic E-state index is 10.0. The molecule has 0 amide bonds. The maximum atomic E-state index is 10.0. The Balaban J connectivity index is 1.41. The topological polar surface area (TPSA) is 35.5 Å². The lowest BCUT2D eigenvalue weighted by atomic mass is 9.86. The average Bonchev–Trinajstić information content (AvgIpc) is 2.55. The molecule has 3 rings (SSSR count). The van der Waals surface area contributed by atoms with E-state index >= 15 is 0 Å². The molecule has 1 saturated heterocycles. The number of hydrogen-bond donors (Lipinski definition) is 2. The molecular weight excluding hydrogens is 260 g/mol. The molecule has 3 heteroatoms. The zero-order valence-corrected chi connectivity index (χ0v) is 12.9. The molecule has 1 saturated carbocycles. The van der Waals surface area contributed by atoms with Crippen LogP contribution in [0.2, 0.25) is 0 Å². The second-order valence-electron chi connectivity index (χ2n) is 6.62. The summed E-state index contributed by atoms with van der Waals surface area (Å²) in [5, 5.41) is 13.7. The predicted octanol–water partition coefficient (Wildman–Crippen LogP) is 2.80. The largest absolute Gasteiger partial charge is 0.393 e. The van der Waals surface area contributed by atoms with Crippen molar-refractivity contribution in [3.8, 4) is 0 Å². The molecule has 1 aliphatic heterocycles. The monoisotopic (exact) mass is 288 g/mol. The molecule has 2 unspecified atom stereocenters. The van der Waals surface area contributed by atoms with E-state index in [1.165, 1.54) is 37.8 Å². The quantitative estimate of drug-likeness (QED) is 0.894. The van der Waals surface area contributed by atoms with Gasteiger partial charge in [-0.25, -0.2) is 0 Å². The van der Waals surface area contributed by atoms with Crippen molar-refractivity contribution in [3.63, 3.8) is 0 Å². The van der Waals surface area contributed by atoms with Crippen molar-refractivity contribution in [1.82, 2.24) is 5.32 Å². The summed E-state index contributed by atoms with van der Waals surface area (Å²) >= 11 is 0. The van der Waals surface area contributed by atoms with Gasteiger partial charge in [0.2, 0.25) is 0 Å². The van der Waals surface area contributed by atoms with Crippen molar-refractivity contribution >= 4 is 5.69 Å². The Morgan fingerprint density at radius 2 is 1.71 bits per heavy atom. The van der Waals surface area contributed by atoms with Crippen molar-refractivity contribution < 1.29 is 5.11 Å². The van der Waals surface area contributed by atoms with Crippen LogP contribution < -0.4 is 10.2 Å². The average molecular weight is 288 g/mol. The zero-order valence-electron chi connectivity index (χ0n) is 12.9. The van der Waals surface area contributed by atoms with E-state index in [-0.39, 0.29) is 6.10 Å². The highest BCUT2D eigenvalue weighted by molar-refractivity contribution is 5.46. The van der Waals surface area contributed by atoms with Crippen molar-refractivity contribution in [2.24, 2.45) is 5.92 Å². The van der Waals surface area contributed by atoms with Gasteiger partial charge in [0.15, 0.2) is 0 Å². The normalized spacial score (nSPS) is 27.8. The van der Waals surface area contributed by atoms with Crippen molar-refractivity contribution in [2.45, 2.75) is 50.7 Å². The fourth-order valence-electron chi connectivity index (χ4n) is 3.72. The van der Waals surface area contributed by atoms with Crippen molar-refractivity contribution in [3.05, 3.63) is 30.3 Å². The first-order valence-electron chi connectivity index (χ1n) is 8.54. The van der Waals surface area contributed by atoms with Gasteiger partial charge in [-0.05, 0) is 43.7 Å². The van der Waals surface area contributed by atoms with Crippen molar-refractivity contribution in [1.29, 1.82) is 0 Å². The number of benzene rings is 1. The number of piperidine rings is 1. The summed E-state index contributed by atoms with van der Waals surface area (Å²) in [7, 11) is 0. The van der Waals surface area contributed by atoms with E-state index in [1.54, 1.807) is 0 Å². The van der Waals surface area contributed by atoms with Gasteiger partial charge in [-0.3, -0.25) is 0 Å². The van der Waals surface area contributed by atoms with Gasteiger partial charge in [0.05, 0.1) is 6.10 Å². The summed E-state index contributed by atoms with van der Waals surface area (Å²) < 4.78 is 0. The predicted molar refractivity (Wildman–Crippen MR) is 87.6 cm³/mol. The van der Waals surface area contributed by atoms with Gasteiger partial charge in [-0.15, -0.1) is 0 Å². The molecule has 1 aromatic rings. The fourth-order valence-corrected chi connectivity index (χ4v) is 3.72. The van der Waals surface area contributed by atoms with Crippen LogP contribution in [-0.4, -0.2) is 36.9 Å². The van der Waals surface area contributed by atoms with Gasteiger partial charge in [-0.2, -0.15) is 0 Å². The summed E-state index contributed by atoms with van der Waals surface area (Å²) in [4.78, 5) is 2.48. The highest BCUT2D eigenvalue weighted by Gasteiger charge is 2.25. The van der Waals surface area contributed by atoms with Gasteiger partial charge >= 0.3 is 0 Å². The van der Waals surface area contributed by atoms with E-state index in [1.807, 2.05) is 0 Å². The minimum Gasteiger partial charge on any atom is -0.393 e. The number of rotatable bonds is 4. The third-order valence-electron chi connectivity index (χ3n) is 5.15. The van der Waals surface area contributed by atoms with Crippen molar-refractivity contribution in [2.75, 3.05) is 24.5 Å². The summed E-state index contributed by atoms with van der Waals surface area (Å²) in [6.07, 6.45) is 7.02. The minimum absolute atomic E-state index is 0.0735. The van der Waals surface area contributed by atoms with E-state index < -0.39 is 0 Å². The number of aliphatic hydroxyl groups is 1. The molecule has 1 heterocycles. The molecule has 0 spiro atoms. The first kappa shape index (κ1) is 14.9. The van der Waals surface area contributed by atoms with Crippen LogP contribution in [-0.2, 0) is 0 Å². The van der Waals surface area contributed by atoms with Gasteiger partial charge in [-0.1, -0.05) is 31.0 Å². The Bertz CT molecular complexity index is 414. The number of nitrogens with one attached hydrogen (secondary N) is 1. The standard InChI is InChI=1S/C18H28N2O/c21-18-9-5-4-6-15(18)14-19-16-10-12-20(13-11-16)17-7-2-1-3-8-17/h1-3,7-8,15-16,18-19,21H,4-6,9-14H2. The zero-order chi connectivity index (χ0) is 14.5. The molecule has 0 bridgehead atoms. The second-order valence-corrected chi connectivity index (χ2v) is 6.62. The van der Waals surface area contributed by atoms with E-state index in [0.29, 0.717) is 12.0 Å². The molecule has 1 aliphatic carbocycles. The second kappa shape index (κ2) is 7.28. The molecule has 2 aliphatic rings. The smallest absolute Gasteiger partial charge is 0.0580 e. The van der Waals surface area contributed by atoms with Crippen LogP contribution in [0.5, 0.6) is 0 Å². The van der Waals surface area contributed by atoms with Crippen LogP contribution in [0, 0.1) is 5.92 Å². The summed E-state index contributed by atoms with van der Waals surface area (Å²) in [5.41, 5.74) is 1.35.